The van der Waals surface area contributed by atoms with E-state index in [4.69, 9.17) is 4.42 Å². The number of nitrogens with zero attached hydrogens (tertiary/aromatic N) is 1. The molecule has 1 unspecified atom stereocenters. The first-order valence-electron chi connectivity index (χ1n) is 10.3. The second-order valence-electron chi connectivity index (χ2n) is 7.54. The third-order valence-corrected chi connectivity index (χ3v) is 5.67. The molecule has 150 valence electrons. The Kier molecular flexibility index (Phi) is 5.76. The first kappa shape index (κ1) is 19.4. The number of benzene rings is 2. The maximum atomic E-state index is 12.7. The molecule has 2 heterocycles. The molecule has 1 fully saturated rings. The monoisotopic (exact) mass is 390 g/mol. The molecule has 0 bridgehead atoms. The molecule has 2 aromatic carbocycles. The Morgan fingerprint density at radius 1 is 1.10 bits per heavy atom. The van der Waals surface area contributed by atoms with Crippen LogP contribution in [-0.4, -0.2) is 30.4 Å². The lowest BCUT2D eigenvalue weighted by atomic mass is 10.0. The fourth-order valence-corrected chi connectivity index (χ4v) is 3.98. The highest BCUT2D eigenvalue weighted by Crippen LogP contribution is 2.25. The van der Waals surface area contributed by atoms with Crippen molar-refractivity contribution in [2.75, 3.05) is 19.6 Å². The van der Waals surface area contributed by atoms with Crippen LogP contribution in [-0.2, 0) is 6.42 Å². The molecule has 1 amide bonds. The van der Waals surface area contributed by atoms with Gasteiger partial charge in [-0.25, -0.2) is 0 Å². The molecule has 1 aliphatic heterocycles. The summed E-state index contributed by atoms with van der Waals surface area (Å²) >= 11 is 0. The van der Waals surface area contributed by atoms with Gasteiger partial charge in [0.25, 0.3) is 5.91 Å². The van der Waals surface area contributed by atoms with E-state index in [1.807, 2.05) is 0 Å². The molecule has 1 atom stereocenters. The summed E-state index contributed by atoms with van der Waals surface area (Å²) < 4.78 is 5.67. The Hall–Kier alpha value is -2.92. The third kappa shape index (κ3) is 4.25. The van der Waals surface area contributed by atoms with Gasteiger partial charge in [0.15, 0.2) is 11.2 Å². The first-order chi connectivity index (χ1) is 14.2. The fraction of sp³-hybridized carbons (Fsp3) is 0.333. The van der Waals surface area contributed by atoms with Crippen molar-refractivity contribution in [1.82, 2.24) is 10.2 Å². The van der Waals surface area contributed by atoms with E-state index in [0.717, 1.165) is 19.5 Å². The first-order valence-corrected chi connectivity index (χ1v) is 10.3. The zero-order chi connectivity index (χ0) is 20.2. The highest BCUT2D eigenvalue weighted by Gasteiger charge is 2.24. The standard InChI is InChI=1S/C24H26N2O3/c1-2-17-9-11-18(12-10-17)20(26-13-5-6-14-26)16-25-24(28)23-15-21(27)19-7-3-4-8-22(19)29-23/h3-4,7-12,15,20H,2,5-6,13-14,16H2,1H3,(H,25,28). The number of amides is 1. The Balaban J connectivity index is 1.53. The molecule has 1 aliphatic rings. The van der Waals surface area contributed by atoms with Crippen LogP contribution in [0.1, 0.15) is 47.5 Å². The summed E-state index contributed by atoms with van der Waals surface area (Å²) in [4.78, 5) is 27.4. The molecule has 4 rings (SSSR count). The van der Waals surface area contributed by atoms with Gasteiger partial charge in [-0.15, -0.1) is 0 Å². The van der Waals surface area contributed by atoms with E-state index in [2.05, 4.69) is 41.4 Å². The second kappa shape index (κ2) is 8.62. The maximum absolute atomic E-state index is 12.7. The number of para-hydroxylation sites is 1. The molecule has 0 spiro atoms. The van der Waals surface area contributed by atoms with Crippen LogP contribution in [0.5, 0.6) is 0 Å². The lowest BCUT2D eigenvalue weighted by molar-refractivity contribution is 0.0910. The number of fused-ring (bicyclic) bond motifs is 1. The number of nitrogens with one attached hydrogen (secondary N) is 1. The average Bonchev–Trinajstić information content (AvgIpc) is 3.29. The van der Waals surface area contributed by atoms with Gasteiger partial charge in [0.05, 0.1) is 11.4 Å². The molecule has 0 aliphatic carbocycles. The minimum atomic E-state index is -0.359. The summed E-state index contributed by atoms with van der Waals surface area (Å²) in [6, 6.07) is 17.0. The van der Waals surface area contributed by atoms with Crippen molar-refractivity contribution in [2.45, 2.75) is 32.2 Å². The third-order valence-electron chi connectivity index (χ3n) is 5.67. The predicted molar refractivity (Wildman–Crippen MR) is 114 cm³/mol. The zero-order valence-corrected chi connectivity index (χ0v) is 16.7. The van der Waals surface area contributed by atoms with E-state index < -0.39 is 0 Å². The summed E-state index contributed by atoms with van der Waals surface area (Å²) in [6.07, 6.45) is 3.36. The Labute approximate surface area is 170 Å². The van der Waals surface area contributed by atoms with Crippen molar-refractivity contribution >= 4 is 16.9 Å². The molecule has 1 aromatic heterocycles. The Morgan fingerprint density at radius 3 is 2.55 bits per heavy atom. The molecule has 3 aromatic rings. The topological polar surface area (TPSA) is 62.6 Å². The van der Waals surface area contributed by atoms with Gasteiger partial charge in [-0.2, -0.15) is 0 Å². The molecule has 1 saturated heterocycles. The lowest BCUT2D eigenvalue weighted by Crippen LogP contribution is -2.37. The number of hydrogen-bond donors (Lipinski definition) is 1. The molecule has 29 heavy (non-hydrogen) atoms. The van der Waals surface area contributed by atoms with Gasteiger partial charge in [-0.1, -0.05) is 43.3 Å². The van der Waals surface area contributed by atoms with Crippen molar-refractivity contribution in [1.29, 1.82) is 0 Å². The van der Waals surface area contributed by atoms with E-state index in [1.54, 1.807) is 24.3 Å². The molecule has 0 saturated carbocycles. The van der Waals surface area contributed by atoms with Crippen molar-refractivity contribution in [2.24, 2.45) is 0 Å². The summed E-state index contributed by atoms with van der Waals surface area (Å²) in [6.45, 7) is 4.67. The number of carbonyl (C=O) groups is 1. The smallest absolute Gasteiger partial charge is 0.287 e. The SMILES string of the molecule is CCc1ccc(C(CNC(=O)c2cc(=O)c3ccccc3o2)N2CCCC2)cc1. The lowest BCUT2D eigenvalue weighted by Gasteiger charge is -2.28. The van der Waals surface area contributed by atoms with Gasteiger partial charge >= 0.3 is 0 Å². The largest absolute Gasteiger partial charge is 0.451 e. The highest BCUT2D eigenvalue weighted by atomic mass is 16.3. The van der Waals surface area contributed by atoms with Gasteiger partial charge in [0, 0.05) is 12.6 Å². The molecule has 5 heteroatoms. The van der Waals surface area contributed by atoms with E-state index in [1.165, 1.54) is 30.0 Å². The van der Waals surface area contributed by atoms with E-state index in [-0.39, 0.29) is 23.1 Å². The minimum Gasteiger partial charge on any atom is -0.451 e. The number of aryl methyl sites for hydroxylation is 1. The Bertz CT molecular complexity index is 1050. The maximum Gasteiger partial charge on any atom is 0.287 e. The summed E-state index contributed by atoms with van der Waals surface area (Å²) in [5.41, 5.74) is 2.72. The normalized spacial score (nSPS) is 15.5. The van der Waals surface area contributed by atoms with Crippen molar-refractivity contribution in [3.05, 3.63) is 81.7 Å². The van der Waals surface area contributed by atoms with Crippen LogP contribution < -0.4 is 10.7 Å². The number of carbonyl (C=O) groups excluding carboxylic acids is 1. The molecule has 1 N–H and O–H groups in total. The quantitative estimate of drug-likeness (QED) is 0.693. The second-order valence-corrected chi connectivity index (χ2v) is 7.54. The van der Waals surface area contributed by atoms with Gasteiger partial charge in [-0.05, 0) is 55.6 Å². The molecular formula is C24H26N2O3. The molecule has 0 radical (unpaired) electrons. The van der Waals surface area contributed by atoms with Crippen LogP contribution in [0, 0.1) is 0 Å². The van der Waals surface area contributed by atoms with Crippen LogP contribution >= 0.6 is 0 Å². The van der Waals surface area contributed by atoms with Crippen LogP contribution in [0.2, 0.25) is 0 Å². The fourth-order valence-electron chi connectivity index (χ4n) is 3.98. The zero-order valence-electron chi connectivity index (χ0n) is 16.7. The van der Waals surface area contributed by atoms with E-state index in [9.17, 15) is 9.59 Å². The summed E-state index contributed by atoms with van der Waals surface area (Å²) in [5, 5.41) is 3.46. The summed E-state index contributed by atoms with van der Waals surface area (Å²) in [5.74, 6) is -0.308. The predicted octanol–water partition coefficient (Wildman–Crippen LogP) is 3.92. The van der Waals surface area contributed by atoms with Crippen LogP contribution in [0.25, 0.3) is 11.0 Å². The van der Waals surface area contributed by atoms with Crippen molar-refractivity contribution < 1.29 is 9.21 Å². The van der Waals surface area contributed by atoms with Crippen LogP contribution in [0.4, 0.5) is 0 Å². The van der Waals surface area contributed by atoms with Gasteiger partial charge in [-0.3, -0.25) is 14.5 Å². The molecular weight excluding hydrogens is 364 g/mol. The van der Waals surface area contributed by atoms with Crippen molar-refractivity contribution in [3.8, 4) is 0 Å². The van der Waals surface area contributed by atoms with Gasteiger partial charge in [0.1, 0.15) is 5.58 Å². The molecule has 5 nitrogen and oxygen atoms in total. The summed E-state index contributed by atoms with van der Waals surface area (Å²) in [7, 11) is 0. The van der Waals surface area contributed by atoms with E-state index in [0.29, 0.717) is 17.5 Å². The highest BCUT2D eigenvalue weighted by molar-refractivity contribution is 5.93. The van der Waals surface area contributed by atoms with Gasteiger partial charge in [0.2, 0.25) is 0 Å². The number of rotatable bonds is 6. The Morgan fingerprint density at radius 2 is 1.83 bits per heavy atom. The average molecular weight is 390 g/mol. The van der Waals surface area contributed by atoms with Gasteiger partial charge < -0.3 is 9.73 Å². The van der Waals surface area contributed by atoms with E-state index >= 15 is 0 Å². The number of hydrogen-bond acceptors (Lipinski definition) is 4. The number of likely N-dealkylation sites (tertiary alicyclic amines) is 1. The van der Waals surface area contributed by atoms with Crippen LogP contribution in [0.3, 0.4) is 0 Å². The van der Waals surface area contributed by atoms with Crippen molar-refractivity contribution in [3.63, 3.8) is 0 Å². The van der Waals surface area contributed by atoms with Crippen LogP contribution in [0.15, 0.2) is 63.8 Å². The minimum absolute atomic E-state index is 0.0511.